The van der Waals surface area contributed by atoms with E-state index in [9.17, 15) is 50.4 Å². The van der Waals surface area contributed by atoms with Crippen LogP contribution in [0, 0.1) is 13.8 Å². The highest BCUT2D eigenvalue weighted by Crippen LogP contribution is 2.56. The van der Waals surface area contributed by atoms with Crippen molar-refractivity contribution >= 4 is 11.9 Å². The molecule has 12 nitrogen and oxygen atoms in total. The highest BCUT2D eigenvalue weighted by atomic mass is 16.5. The summed E-state index contributed by atoms with van der Waals surface area (Å²) < 4.78 is 10.4. The molecule has 0 aliphatic heterocycles. The molecule has 42 heavy (non-hydrogen) atoms. The number of carboxylic acids is 2. The summed E-state index contributed by atoms with van der Waals surface area (Å²) in [6.45, 7) is 2.90. The van der Waals surface area contributed by atoms with Gasteiger partial charge < -0.3 is 50.3 Å². The first kappa shape index (κ1) is 29.2. The van der Waals surface area contributed by atoms with Gasteiger partial charge in [0.2, 0.25) is 0 Å². The number of hydrogen-bond acceptors (Lipinski definition) is 10. The first-order valence-corrected chi connectivity index (χ1v) is 12.1. The zero-order valence-corrected chi connectivity index (χ0v) is 22.7. The van der Waals surface area contributed by atoms with E-state index in [1.165, 1.54) is 40.2 Å². The maximum Gasteiger partial charge on any atom is 0.340 e. The molecular formula is C30H26O12. The number of carboxylic acid groups (broad SMARTS) is 2. The lowest BCUT2D eigenvalue weighted by molar-refractivity contribution is 0.0683. The van der Waals surface area contributed by atoms with Crippen LogP contribution in [0.5, 0.6) is 46.0 Å². The topological polar surface area (TPSA) is 214 Å². The van der Waals surface area contributed by atoms with Crippen LogP contribution in [0.1, 0.15) is 31.8 Å². The van der Waals surface area contributed by atoms with Crippen molar-refractivity contribution < 1.29 is 59.9 Å². The highest BCUT2D eigenvalue weighted by molar-refractivity contribution is 6.09. The quantitative estimate of drug-likeness (QED) is 0.137. The Bertz CT molecular complexity index is 1660. The van der Waals surface area contributed by atoms with Gasteiger partial charge in [-0.05, 0) is 60.4 Å². The average Bonchev–Trinajstić information content (AvgIpc) is 2.91. The fourth-order valence-corrected chi connectivity index (χ4v) is 5.04. The third kappa shape index (κ3) is 4.64. The molecule has 0 aliphatic rings. The molecule has 0 saturated carbocycles. The van der Waals surface area contributed by atoms with Crippen LogP contribution in [-0.4, -0.2) is 67.0 Å². The summed E-state index contributed by atoms with van der Waals surface area (Å²) in [7, 11) is 2.54. The predicted octanol–water partition coefficient (Wildman–Crippen LogP) is 4.95. The number of methoxy groups -OCH3 is 2. The van der Waals surface area contributed by atoms with Gasteiger partial charge in [-0.15, -0.1) is 0 Å². The number of rotatable bonds is 7. The second-order valence-corrected chi connectivity index (χ2v) is 9.37. The molecule has 0 heterocycles. The zero-order chi connectivity index (χ0) is 31.2. The predicted molar refractivity (Wildman–Crippen MR) is 149 cm³/mol. The molecule has 4 aromatic rings. The van der Waals surface area contributed by atoms with Crippen LogP contribution >= 0.6 is 0 Å². The zero-order valence-electron chi connectivity index (χ0n) is 22.7. The maximum atomic E-state index is 12.3. The number of hydrogen-bond donors (Lipinski definition) is 8. The lowest BCUT2D eigenvalue weighted by Gasteiger charge is -2.24. The normalized spacial score (nSPS) is 10.9. The third-order valence-corrected chi connectivity index (χ3v) is 6.82. The Labute approximate surface area is 238 Å². The van der Waals surface area contributed by atoms with Crippen LogP contribution in [0.25, 0.3) is 33.4 Å². The van der Waals surface area contributed by atoms with Crippen molar-refractivity contribution in [3.8, 4) is 79.4 Å². The van der Waals surface area contributed by atoms with Crippen molar-refractivity contribution in [1.82, 2.24) is 0 Å². The van der Waals surface area contributed by atoms with E-state index in [-0.39, 0.29) is 44.9 Å². The van der Waals surface area contributed by atoms with Gasteiger partial charge >= 0.3 is 11.9 Å². The molecular weight excluding hydrogens is 552 g/mol. The van der Waals surface area contributed by atoms with Crippen LogP contribution in [0.4, 0.5) is 0 Å². The Kier molecular flexibility index (Phi) is 7.41. The molecule has 4 rings (SSSR count). The lowest BCUT2D eigenvalue weighted by Crippen LogP contribution is -2.05. The van der Waals surface area contributed by atoms with E-state index >= 15 is 0 Å². The number of benzene rings is 4. The third-order valence-electron chi connectivity index (χ3n) is 6.82. The number of aromatic hydroxyl groups is 6. The number of ether oxygens (including phenoxy) is 2. The summed E-state index contributed by atoms with van der Waals surface area (Å²) in [5.74, 6) is -7.63. The minimum absolute atomic E-state index is 0.0211. The number of aromatic carboxylic acids is 2. The number of phenolic OH excluding ortho intramolecular Hbond substituents is 4. The highest BCUT2D eigenvalue weighted by Gasteiger charge is 2.32. The van der Waals surface area contributed by atoms with Gasteiger partial charge in [0, 0.05) is 34.4 Å². The van der Waals surface area contributed by atoms with Gasteiger partial charge in [-0.3, -0.25) is 0 Å². The molecule has 0 radical (unpaired) electrons. The van der Waals surface area contributed by atoms with Crippen LogP contribution in [0.2, 0.25) is 0 Å². The van der Waals surface area contributed by atoms with E-state index in [0.29, 0.717) is 0 Å². The minimum atomic E-state index is -1.56. The minimum Gasteiger partial charge on any atom is -0.507 e. The summed E-state index contributed by atoms with van der Waals surface area (Å²) in [6.07, 6.45) is 0. The Morgan fingerprint density at radius 1 is 0.524 bits per heavy atom. The Hall–Kier alpha value is -5.78. The molecule has 0 aromatic heterocycles. The number of phenols is 6. The molecule has 0 saturated heterocycles. The average molecular weight is 579 g/mol. The van der Waals surface area contributed by atoms with Gasteiger partial charge in [0.25, 0.3) is 0 Å². The molecule has 0 bridgehead atoms. The molecule has 0 fully saturated rings. The molecule has 218 valence electrons. The summed E-state index contributed by atoms with van der Waals surface area (Å²) in [6, 6.07) is 6.84. The van der Waals surface area contributed by atoms with E-state index < -0.39 is 68.7 Å². The van der Waals surface area contributed by atoms with Gasteiger partial charge in [0.05, 0.1) is 14.2 Å². The second kappa shape index (κ2) is 10.7. The van der Waals surface area contributed by atoms with Crippen LogP contribution < -0.4 is 9.47 Å². The molecule has 12 heteroatoms. The molecule has 0 unspecified atom stereocenters. The van der Waals surface area contributed by atoms with E-state index in [1.54, 1.807) is 0 Å². The SMILES string of the molecule is COc1cc(O)c(C(=O)O)c(-c2c(C)cc(O)c(O)c2-c2c(O)c(O)cc(C)c2-c2cc(OC)cc(O)c2C(=O)O)c1. The second-order valence-electron chi connectivity index (χ2n) is 9.37. The van der Waals surface area contributed by atoms with E-state index in [2.05, 4.69) is 0 Å². The number of aryl methyl sites for hydroxylation is 2. The van der Waals surface area contributed by atoms with Crippen molar-refractivity contribution in [3.05, 3.63) is 58.7 Å². The molecule has 0 amide bonds. The van der Waals surface area contributed by atoms with Crippen LogP contribution in [0.3, 0.4) is 0 Å². The van der Waals surface area contributed by atoms with Gasteiger partial charge in [-0.2, -0.15) is 0 Å². The molecule has 4 aromatic carbocycles. The first-order chi connectivity index (χ1) is 19.7. The fourth-order valence-electron chi connectivity index (χ4n) is 5.04. The summed E-state index contributed by atoms with van der Waals surface area (Å²) in [5, 5.41) is 85.1. The van der Waals surface area contributed by atoms with E-state index in [4.69, 9.17) is 9.47 Å². The molecule has 0 spiro atoms. The van der Waals surface area contributed by atoms with Crippen LogP contribution in [-0.2, 0) is 0 Å². The van der Waals surface area contributed by atoms with Crippen LogP contribution in [0.15, 0.2) is 36.4 Å². The van der Waals surface area contributed by atoms with Gasteiger partial charge in [-0.25, -0.2) is 9.59 Å². The Balaban J connectivity index is 2.33. The summed E-state index contributed by atoms with van der Waals surface area (Å²) in [4.78, 5) is 24.6. The monoisotopic (exact) mass is 578 g/mol. The van der Waals surface area contributed by atoms with Crippen molar-refractivity contribution in [2.45, 2.75) is 13.8 Å². The maximum absolute atomic E-state index is 12.3. The van der Waals surface area contributed by atoms with Gasteiger partial charge in [-0.1, -0.05) is 0 Å². The molecule has 0 atom stereocenters. The van der Waals surface area contributed by atoms with Crippen molar-refractivity contribution in [2.75, 3.05) is 14.2 Å². The van der Waals surface area contributed by atoms with E-state index in [0.717, 1.165) is 24.3 Å². The fraction of sp³-hybridized carbons (Fsp3) is 0.133. The van der Waals surface area contributed by atoms with Crippen molar-refractivity contribution in [3.63, 3.8) is 0 Å². The van der Waals surface area contributed by atoms with Gasteiger partial charge in [0.1, 0.15) is 34.1 Å². The molecule has 8 N–H and O–H groups in total. The van der Waals surface area contributed by atoms with Crippen molar-refractivity contribution in [2.24, 2.45) is 0 Å². The number of carbonyl (C=O) groups is 2. The Morgan fingerprint density at radius 3 is 1.14 bits per heavy atom. The summed E-state index contributed by atoms with van der Waals surface area (Å²) in [5.41, 5.74) is -2.45. The standard InChI is InChI=1S/C30H26O12/c1-11-5-19(33)27(35)25(21(11)15-7-13(41-3)9-17(31)23(15)29(37)38)26-22(12(2)6-20(34)28(26)36)16-8-14(42-4)10-18(32)24(16)30(39)40/h5-10,31-36H,1-4H3,(H,37,38)(H,39,40). The smallest absolute Gasteiger partial charge is 0.340 e. The lowest BCUT2D eigenvalue weighted by atomic mass is 9.81. The van der Waals surface area contributed by atoms with E-state index in [1.807, 2.05) is 0 Å². The van der Waals surface area contributed by atoms with Gasteiger partial charge in [0.15, 0.2) is 23.0 Å². The first-order valence-electron chi connectivity index (χ1n) is 12.1. The Morgan fingerprint density at radius 2 is 0.857 bits per heavy atom. The largest absolute Gasteiger partial charge is 0.507 e. The van der Waals surface area contributed by atoms with Crippen molar-refractivity contribution in [1.29, 1.82) is 0 Å². The summed E-state index contributed by atoms with van der Waals surface area (Å²) >= 11 is 0. The molecule has 0 aliphatic carbocycles.